The maximum Gasteiger partial charge on any atom is 0.234 e. The topological polar surface area (TPSA) is 70.2 Å². The van der Waals surface area contributed by atoms with Gasteiger partial charge in [-0.2, -0.15) is 0 Å². The number of piperazine rings is 1. The van der Waals surface area contributed by atoms with Crippen LogP contribution in [0.3, 0.4) is 0 Å². The van der Waals surface area contributed by atoms with Gasteiger partial charge in [0.25, 0.3) is 0 Å². The first-order valence-corrected chi connectivity index (χ1v) is 9.21. The second-order valence-electron chi connectivity index (χ2n) is 6.91. The van der Waals surface area contributed by atoms with Gasteiger partial charge < -0.3 is 10.6 Å². The molecule has 1 amide bonds. The van der Waals surface area contributed by atoms with Crippen LogP contribution >= 0.6 is 0 Å². The molecule has 6 nitrogen and oxygen atoms in total. The van der Waals surface area contributed by atoms with Crippen molar-refractivity contribution < 1.29 is 4.79 Å². The summed E-state index contributed by atoms with van der Waals surface area (Å²) in [5, 5.41) is 7.31. The molecule has 2 heterocycles. The number of benzene rings is 2. The van der Waals surface area contributed by atoms with Crippen LogP contribution in [0.15, 0.2) is 48.5 Å². The van der Waals surface area contributed by atoms with Crippen LogP contribution in [0.5, 0.6) is 0 Å². The highest BCUT2D eigenvalue weighted by Crippen LogP contribution is 2.21. The lowest BCUT2D eigenvalue weighted by Crippen LogP contribution is -2.47. The summed E-state index contributed by atoms with van der Waals surface area (Å²) in [5.74, 6) is 1.62. The number of carbonyl (C=O) groups excluding carboxylic acids is 1. The molecular weight excluding hydrogens is 338 g/mol. The third-order valence-corrected chi connectivity index (χ3v) is 4.71. The van der Waals surface area contributed by atoms with Crippen LogP contribution in [0.2, 0.25) is 0 Å². The van der Waals surface area contributed by atoms with Crippen LogP contribution in [0.4, 0.5) is 5.82 Å². The zero-order chi connectivity index (χ0) is 18.6. The number of anilines is 1. The largest absolute Gasteiger partial charge is 0.365 e. The predicted octanol–water partition coefficient (Wildman–Crippen LogP) is 2.48. The number of fused-ring (bicyclic) bond motifs is 1. The molecule has 1 fully saturated rings. The van der Waals surface area contributed by atoms with Crippen molar-refractivity contribution >= 4 is 22.6 Å². The number of hydrogen-bond acceptors (Lipinski definition) is 5. The molecule has 6 heteroatoms. The van der Waals surface area contributed by atoms with Crippen LogP contribution in [0, 0.1) is 6.92 Å². The zero-order valence-corrected chi connectivity index (χ0v) is 15.4. The van der Waals surface area contributed by atoms with Gasteiger partial charge in [-0.25, -0.2) is 9.97 Å². The zero-order valence-electron chi connectivity index (χ0n) is 15.4. The van der Waals surface area contributed by atoms with Crippen LogP contribution in [0.1, 0.15) is 17.0 Å². The Bertz CT molecular complexity index is 954. The Labute approximate surface area is 158 Å². The van der Waals surface area contributed by atoms with Crippen molar-refractivity contribution in [1.29, 1.82) is 0 Å². The number of nitrogens with one attached hydrogen (secondary N) is 2. The second-order valence-corrected chi connectivity index (χ2v) is 6.91. The fourth-order valence-electron chi connectivity index (χ4n) is 3.25. The van der Waals surface area contributed by atoms with Crippen molar-refractivity contribution in [3.8, 4) is 0 Å². The number of aryl methyl sites for hydroxylation is 1. The lowest BCUT2D eigenvalue weighted by molar-refractivity contribution is -0.124. The first-order chi connectivity index (χ1) is 13.2. The molecule has 1 aromatic heterocycles. The molecule has 27 heavy (non-hydrogen) atoms. The Balaban J connectivity index is 1.58. The molecule has 0 bridgehead atoms. The Morgan fingerprint density at radius 3 is 2.74 bits per heavy atom. The van der Waals surface area contributed by atoms with Crippen molar-refractivity contribution in [1.82, 2.24) is 20.2 Å². The standard InChI is InChI=1S/C21H23N5O/c1-15-6-8-16(9-7-15)12-23-21-17-4-2-3-5-18(17)24-19(25-21)13-26-11-10-22-20(27)14-26/h2-9H,10-14H2,1H3,(H,22,27)(H,23,24,25). The average Bonchev–Trinajstić information content (AvgIpc) is 2.67. The van der Waals surface area contributed by atoms with Crippen molar-refractivity contribution in [3.63, 3.8) is 0 Å². The smallest absolute Gasteiger partial charge is 0.234 e. The first-order valence-electron chi connectivity index (χ1n) is 9.21. The Morgan fingerprint density at radius 1 is 1.11 bits per heavy atom. The van der Waals surface area contributed by atoms with E-state index < -0.39 is 0 Å². The number of aromatic nitrogens is 2. The highest BCUT2D eigenvalue weighted by Gasteiger charge is 2.18. The Hall–Kier alpha value is -2.99. The molecule has 2 N–H and O–H groups in total. The molecule has 0 unspecified atom stereocenters. The van der Waals surface area contributed by atoms with E-state index in [1.807, 2.05) is 24.3 Å². The molecule has 1 aliphatic rings. The molecule has 1 saturated heterocycles. The summed E-state index contributed by atoms with van der Waals surface area (Å²) >= 11 is 0. The average molecular weight is 361 g/mol. The Morgan fingerprint density at radius 2 is 1.93 bits per heavy atom. The monoisotopic (exact) mass is 361 g/mol. The number of para-hydroxylation sites is 1. The van der Waals surface area contributed by atoms with Crippen molar-refractivity contribution in [2.45, 2.75) is 20.0 Å². The summed E-state index contributed by atoms with van der Waals surface area (Å²) in [6.45, 7) is 5.23. The van der Waals surface area contributed by atoms with Crippen molar-refractivity contribution in [2.75, 3.05) is 25.0 Å². The van der Waals surface area contributed by atoms with Gasteiger partial charge in [-0.05, 0) is 24.6 Å². The van der Waals surface area contributed by atoms with E-state index in [1.165, 1.54) is 11.1 Å². The second kappa shape index (κ2) is 7.72. The summed E-state index contributed by atoms with van der Waals surface area (Å²) in [5.41, 5.74) is 3.37. The van der Waals surface area contributed by atoms with Crippen LogP contribution < -0.4 is 10.6 Å². The molecular formula is C21H23N5O. The van der Waals surface area contributed by atoms with Gasteiger partial charge in [0.2, 0.25) is 5.91 Å². The van der Waals surface area contributed by atoms with Gasteiger partial charge in [0.1, 0.15) is 11.6 Å². The van der Waals surface area contributed by atoms with Crippen molar-refractivity contribution in [2.24, 2.45) is 0 Å². The number of nitrogens with zero attached hydrogens (tertiary/aromatic N) is 3. The molecule has 0 atom stereocenters. The molecule has 0 aliphatic carbocycles. The quantitative estimate of drug-likeness (QED) is 0.731. The van der Waals surface area contributed by atoms with Gasteiger partial charge in [0.05, 0.1) is 18.6 Å². The van der Waals surface area contributed by atoms with E-state index in [4.69, 9.17) is 9.97 Å². The fourth-order valence-corrected chi connectivity index (χ4v) is 3.25. The predicted molar refractivity (Wildman–Crippen MR) is 106 cm³/mol. The van der Waals surface area contributed by atoms with Crippen LogP contribution in [-0.4, -0.2) is 40.4 Å². The van der Waals surface area contributed by atoms with Gasteiger partial charge in [-0.15, -0.1) is 0 Å². The van der Waals surface area contributed by atoms with Gasteiger partial charge >= 0.3 is 0 Å². The highest BCUT2D eigenvalue weighted by molar-refractivity contribution is 5.89. The number of amides is 1. The molecule has 4 rings (SSSR count). The summed E-state index contributed by atoms with van der Waals surface area (Å²) in [7, 11) is 0. The summed E-state index contributed by atoms with van der Waals surface area (Å²) < 4.78 is 0. The highest BCUT2D eigenvalue weighted by atomic mass is 16.2. The Kier molecular flexibility index (Phi) is 4.98. The van der Waals surface area contributed by atoms with Crippen LogP contribution in [0.25, 0.3) is 10.9 Å². The van der Waals surface area contributed by atoms with Gasteiger partial charge in [-0.1, -0.05) is 42.0 Å². The number of rotatable bonds is 5. The molecule has 2 aromatic carbocycles. The lowest BCUT2D eigenvalue weighted by atomic mass is 10.1. The van der Waals surface area contributed by atoms with Gasteiger partial charge in [-0.3, -0.25) is 9.69 Å². The SMILES string of the molecule is Cc1ccc(CNc2nc(CN3CCNC(=O)C3)nc3ccccc23)cc1. The van der Waals surface area contributed by atoms with E-state index in [1.54, 1.807) is 0 Å². The molecule has 0 spiro atoms. The molecule has 0 saturated carbocycles. The van der Waals surface area contributed by atoms with Gasteiger partial charge in [0.15, 0.2) is 0 Å². The van der Waals surface area contributed by atoms with E-state index in [-0.39, 0.29) is 5.91 Å². The van der Waals surface area contributed by atoms with E-state index in [0.717, 1.165) is 29.1 Å². The number of hydrogen-bond donors (Lipinski definition) is 2. The minimum atomic E-state index is 0.0553. The maximum absolute atomic E-state index is 11.6. The van der Waals surface area contributed by atoms with E-state index in [9.17, 15) is 4.79 Å². The van der Waals surface area contributed by atoms with E-state index in [2.05, 4.69) is 46.7 Å². The van der Waals surface area contributed by atoms with Crippen LogP contribution in [-0.2, 0) is 17.9 Å². The lowest BCUT2D eigenvalue weighted by Gasteiger charge is -2.25. The third-order valence-electron chi connectivity index (χ3n) is 4.71. The minimum Gasteiger partial charge on any atom is -0.365 e. The van der Waals surface area contributed by atoms with E-state index >= 15 is 0 Å². The van der Waals surface area contributed by atoms with E-state index in [0.29, 0.717) is 26.2 Å². The molecule has 0 radical (unpaired) electrons. The summed E-state index contributed by atoms with van der Waals surface area (Å²) in [6.07, 6.45) is 0. The molecule has 1 aliphatic heterocycles. The number of carbonyl (C=O) groups is 1. The van der Waals surface area contributed by atoms with Crippen molar-refractivity contribution in [3.05, 3.63) is 65.5 Å². The fraction of sp³-hybridized carbons (Fsp3) is 0.286. The summed E-state index contributed by atoms with van der Waals surface area (Å²) in [6, 6.07) is 16.5. The minimum absolute atomic E-state index is 0.0553. The normalized spacial score (nSPS) is 14.9. The molecule has 138 valence electrons. The molecule has 3 aromatic rings. The van der Waals surface area contributed by atoms with Gasteiger partial charge in [0, 0.05) is 25.0 Å². The first kappa shape index (κ1) is 17.4. The summed E-state index contributed by atoms with van der Waals surface area (Å²) in [4.78, 5) is 23.2. The maximum atomic E-state index is 11.6. The third kappa shape index (κ3) is 4.23.